The van der Waals surface area contributed by atoms with Crippen molar-refractivity contribution >= 4 is 45.3 Å². The average molecular weight is 427 g/mol. The SMILES string of the molecule is [B]C([B])([B])O[C@@H]1CC[C@]2(Cc3ccc(-c4cnccn4)cc3[C@]23N=C(N)OC3([B])[B])C[C@H]1C. The Morgan fingerprint density at radius 1 is 1.21 bits per heavy atom. The third-order valence-electron chi connectivity index (χ3n) is 7.38. The minimum Gasteiger partial charge on any atom is -0.476 e. The lowest BCUT2D eigenvalue weighted by Gasteiger charge is -2.54. The van der Waals surface area contributed by atoms with Crippen molar-refractivity contribution in [3.05, 3.63) is 47.9 Å². The molecule has 11 heteroatoms. The van der Waals surface area contributed by atoms with E-state index in [4.69, 9.17) is 59.4 Å². The maximum atomic E-state index is 6.64. The normalized spacial score (nSPS) is 32.5. The molecule has 0 unspecified atom stereocenters. The largest absolute Gasteiger partial charge is 0.476 e. The molecule has 1 aliphatic heterocycles. The van der Waals surface area contributed by atoms with Crippen LogP contribution in [0.15, 0.2) is 41.8 Å². The highest BCUT2D eigenvalue weighted by Gasteiger charge is 2.68. The van der Waals surface area contributed by atoms with E-state index in [2.05, 4.69) is 23.0 Å². The predicted octanol–water partition coefficient (Wildman–Crippen LogP) is 0.539. The van der Waals surface area contributed by atoms with Crippen molar-refractivity contribution in [2.75, 3.05) is 0 Å². The summed E-state index contributed by atoms with van der Waals surface area (Å²) in [5, 5.41) is -3.33. The second kappa shape index (κ2) is 7.43. The molecule has 6 nitrogen and oxygen atoms in total. The highest BCUT2D eigenvalue weighted by Crippen LogP contribution is 2.65. The fourth-order valence-electron chi connectivity index (χ4n) is 6.26. The minimum absolute atomic E-state index is 0.0203. The lowest BCUT2D eigenvalue weighted by atomic mass is 9.44. The van der Waals surface area contributed by atoms with Gasteiger partial charge >= 0.3 is 0 Å². The summed E-state index contributed by atoms with van der Waals surface area (Å²) in [7, 11) is 30.4. The van der Waals surface area contributed by atoms with Crippen LogP contribution in [0.2, 0.25) is 0 Å². The number of aliphatic imine (C=N–C) groups is 1. The number of ether oxygens (including phenoxy) is 2. The molecule has 2 N–H and O–H groups in total. The summed E-state index contributed by atoms with van der Waals surface area (Å²) in [6.07, 6.45) is 7.56. The van der Waals surface area contributed by atoms with Crippen LogP contribution in [0.25, 0.3) is 11.3 Å². The van der Waals surface area contributed by atoms with Crippen molar-refractivity contribution in [1.82, 2.24) is 9.97 Å². The molecule has 0 amide bonds. The van der Waals surface area contributed by atoms with Gasteiger partial charge < -0.3 is 15.2 Å². The number of fused-ring (bicyclic) bond motifs is 3. The number of benzene rings is 1. The van der Waals surface area contributed by atoms with Crippen molar-refractivity contribution in [2.45, 2.75) is 54.9 Å². The van der Waals surface area contributed by atoms with Crippen molar-refractivity contribution in [3.63, 3.8) is 0 Å². The van der Waals surface area contributed by atoms with Gasteiger partial charge in [-0.05, 0) is 54.1 Å². The Balaban J connectivity index is 1.62. The number of aromatic nitrogens is 2. The number of hydrogen-bond donors (Lipinski definition) is 1. The predicted molar refractivity (Wildman–Crippen MR) is 130 cm³/mol. The van der Waals surface area contributed by atoms with E-state index in [1.807, 2.05) is 12.1 Å². The van der Waals surface area contributed by atoms with Gasteiger partial charge in [-0.15, -0.1) is 0 Å². The smallest absolute Gasteiger partial charge is 0.281 e. The Bertz CT molecular complexity index is 1110. The molecule has 156 valence electrons. The first-order valence-corrected chi connectivity index (χ1v) is 11.0. The molecule has 5 rings (SSSR count). The summed E-state index contributed by atoms with van der Waals surface area (Å²) < 4.78 is 11.5. The molecule has 2 aromatic rings. The maximum absolute atomic E-state index is 6.64. The van der Waals surface area contributed by atoms with Crippen LogP contribution in [-0.4, -0.2) is 72.0 Å². The van der Waals surface area contributed by atoms with Crippen LogP contribution in [0.5, 0.6) is 0 Å². The van der Waals surface area contributed by atoms with Gasteiger partial charge in [-0.3, -0.25) is 9.97 Å². The van der Waals surface area contributed by atoms with E-state index < -0.39 is 21.7 Å². The molecule has 0 bridgehead atoms. The third kappa shape index (κ3) is 3.46. The van der Waals surface area contributed by atoms with E-state index in [1.54, 1.807) is 18.6 Å². The molecule has 1 aromatic heterocycles. The first kappa shape index (κ1) is 22.6. The summed E-state index contributed by atoms with van der Waals surface area (Å²) in [5.41, 5.74) is 8.18. The molecule has 3 aliphatic rings. The Labute approximate surface area is 201 Å². The maximum Gasteiger partial charge on any atom is 0.281 e. The molecular weight excluding hydrogens is 406 g/mol. The molecule has 0 saturated heterocycles. The molecule has 1 saturated carbocycles. The first-order valence-electron chi connectivity index (χ1n) is 11.0. The Hall–Kier alpha value is -2.15. The summed E-state index contributed by atoms with van der Waals surface area (Å²) in [4.78, 5) is 13.4. The molecule has 33 heavy (non-hydrogen) atoms. The summed E-state index contributed by atoms with van der Waals surface area (Å²) in [6, 6.07) is 6.12. The minimum atomic E-state index is -1.70. The standard InChI is InChI=1S/C22H21B5N4O2/c1-12-9-19(5-4-17(12)32-22(25,26)27)10-14-3-2-13(16-11-29-6-7-30-16)8-15(14)20(19)21(23,24)33-18(28)31-20/h2-3,6-8,11-12,17H,4-5,9-10H2,1H3,(H2,28,31)/t12-,17-,19-,20+/m1/s1. The summed E-state index contributed by atoms with van der Waals surface area (Å²) in [5.74, 6) is 0.0623. The van der Waals surface area contributed by atoms with E-state index in [0.717, 1.165) is 28.8 Å². The molecule has 2 spiro atoms. The van der Waals surface area contributed by atoms with Crippen LogP contribution in [-0.2, 0) is 21.4 Å². The molecule has 1 aromatic carbocycles. The zero-order valence-electron chi connectivity index (χ0n) is 18.6. The van der Waals surface area contributed by atoms with Crippen molar-refractivity contribution < 1.29 is 9.47 Å². The number of amidine groups is 1. The van der Waals surface area contributed by atoms with E-state index >= 15 is 0 Å². The van der Waals surface area contributed by atoms with E-state index in [9.17, 15) is 0 Å². The highest BCUT2D eigenvalue weighted by atomic mass is 16.5. The Kier molecular flexibility index (Phi) is 5.09. The zero-order valence-corrected chi connectivity index (χ0v) is 18.6. The van der Waals surface area contributed by atoms with Gasteiger partial charge in [-0.25, -0.2) is 4.99 Å². The topological polar surface area (TPSA) is 82.6 Å². The Morgan fingerprint density at radius 2 is 2.00 bits per heavy atom. The van der Waals surface area contributed by atoms with Gasteiger partial charge in [0.2, 0.25) is 0 Å². The van der Waals surface area contributed by atoms with Crippen molar-refractivity contribution in [2.24, 2.45) is 22.1 Å². The van der Waals surface area contributed by atoms with Crippen LogP contribution >= 0.6 is 0 Å². The van der Waals surface area contributed by atoms with Crippen LogP contribution in [0, 0.1) is 11.3 Å². The summed E-state index contributed by atoms with van der Waals surface area (Å²) >= 11 is 0. The quantitative estimate of drug-likeness (QED) is 0.723. The highest BCUT2D eigenvalue weighted by molar-refractivity contribution is 6.58. The van der Waals surface area contributed by atoms with Crippen LogP contribution < -0.4 is 5.73 Å². The van der Waals surface area contributed by atoms with Gasteiger partial charge in [0, 0.05) is 23.4 Å². The monoisotopic (exact) mass is 428 g/mol. The average Bonchev–Trinajstić information content (AvgIpc) is 3.14. The van der Waals surface area contributed by atoms with Crippen molar-refractivity contribution in [1.29, 1.82) is 0 Å². The van der Waals surface area contributed by atoms with Crippen molar-refractivity contribution in [3.8, 4) is 11.3 Å². The molecule has 2 heterocycles. The fourth-order valence-corrected chi connectivity index (χ4v) is 6.26. The Morgan fingerprint density at radius 3 is 2.61 bits per heavy atom. The van der Waals surface area contributed by atoms with Gasteiger partial charge in [0.25, 0.3) is 6.02 Å². The third-order valence-corrected chi connectivity index (χ3v) is 7.38. The number of rotatable bonds is 3. The number of nitrogens with zero attached hydrogens (tertiary/aromatic N) is 3. The summed E-state index contributed by atoms with van der Waals surface area (Å²) in [6.45, 7) is 2.08. The molecule has 1 fully saturated rings. The number of nitrogens with two attached hydrogens (primary N) is 1. The second-order valence-corrected chi connectivity index (χ2v) is 9.71. The van der Waals surface area contributed by atoms with Gasteiger partial charge in [-0.2, -0.15) is 0 Å². The van der Waals surface area contributed by atoms with Gasteiger partial charge in [0.1, 0.15) is 21.2 Å². The van der Waals surface area contributed by atoms with Gasteiger partial charge in [0.05, 0.1) is 46.9 Å². The van der Waals surface area contributed by atoms with E-state index in [1.165, 1.54) is 0 Å². The van der Waals surface area contributed by atoms with Gasteiger partial charge in [-0.1, -0.05) is 19.1 Å². The second-order valence-electron chi connectivity index (χ2n) is 9.71. The molecule has 10 radical (unpaired) electrons. The van der Waals surface area contributed by atoms with E-state index in [0.29, 0.717) is 19.3 Å². The van der Waals surface area contributed by atoms with Crippen LogP contribution in [0.1, 0.15) is 37.3 Å². The lowest BCUT2D eigenvalue weighted by Crippen LogP contribution is -2.60. The van der Waals surface area contributed by atoms with Gasteiger partial charge in [0.15, 0.2) is 0 Å². The van der Waals surface area contributed by atoms with E-state index in [-0.39, 0.29) is 18.0 Å². The number of hydrogen-bond acceptors (Lipinski definition) is 6. The van der Waals surface area contributed by atoms with Crippen LogP contribution in [0.4, 0.5) is 0 Å². The first-order chi connectivity index (χ1) is 15.5. The lowest BCUT2D eigenvalue weighted by molar-refractivity contribution is -0.0743. The molecule has 4 atom stereocenters. The molecule has 2 aliphatic carbocycles. The zero-order chi connectivity index (χ0) is 23.6. The van der Waals surface area contributed by atoms with Crippen LogP contribution in [0.3, 0.4) is 0 Å². The molecular formula is C22H21B5N4O2. The fraction of sp³-hybridized carbons (Fsp3) is 0.500.